The third-order valence-corrected chi connectivity index (χ3v) is 6.07. The molecule has 1 saturated heterocycles. The summed E-state index contributed by atoms with van der Waals surface area (Å²) in [6.07, 6.45) is 2.52. The van der Waals surface area contributed by atoms with Gasteiger partial charge in [0.2, 0.25) is 17.7 Å². The third-order valence-electron chi connectivity index (χ3n) is 4.64. The van der Waals surface area contributed by atoms with Crippen LogP contribution in [0.5, 0.6) is 0 Å². The number of hydrogen-bond donors (Lipinski definition) is 4. The van der Waals surface area contributed by atoms with E-state index in [1.54, 1.807) is 6.26 Å². The van der Waals surface area contributed by atoms with Gasteiger partial charge in [-0.2, -0.15) is 11.8 Å². The zero-order chi connectivity index (χ0) is 22.3. The molecule has 5 N–H and O–H groups in total. The fourth-order valence-electron chi connectivity index (χ4n) is 3.34. The number of nitrogens with one attached hydrogen (secondary N) is 3. The van der Waals surface area contributed by atoms with Crippen molar-refractivity contribution >= 4 is 46.9 Å². The number of urea groups is 1. The van der Waals surface area contributed by atoms with Gasteiger partial charge >= 0.3 is 6.03 Å². The van der Waals surface area contributed by atoms with Crippen LogP contribution >= 0.6 is 23.1 Å². The maximum absolute atomic E-state index is 13.1. The van der Waals surface area contributed by atoms with Crippen molar-refractivity contribution in [1.82, 2.24) is 20.9 Å². The molecule has 1 aliphatic heterocycles. The van der Waals surface area contributed by atoms with Gasteiger partial charge in [0.15, 0.2) is 0 Å². The number of rotatable bonds is 9. The molecular weight excluding hydrogens is 426 g/mol. The first-order chi connectivity index (χ1) is 14.2. The molecule has 0 spiro atoms. The Morgan fingerprint density at radius 3 is 2.60 bits per heavy atom. The molecular formula is C19H29N5O4S2. The number of carbonyl (C=O) groups excluding carboxylic acids is 4. The number of carbonyl (C=O) groups is 4. The highest BCUT2D eigenvalue weighted by molar-refractivity contribution is 7.99. The van der Waals surface area contributed by atoms with Gasteiger partial charge in [-0.1, -0.05) is 6.07 Å². The summed E-state index contributed by atoms with van der Waals surface area (Å²) < 4.78 is 0. The molecule has 2 heterocycles. The quantitative estimate of drug-likeness (QED) is 0.425. The summed E-state index contributed by atoms with van der Waals surface area (Å²) in [4.78, 5) is 52.2. The van der Waals surface area contributed by atoms with Crippen molar-refractivity contribution in [3.05, 3.63) is 22.4 Å². The average molecular weight is 456 g/mol. The Balaban J connectivity index is 2.17. The molecule has 2 rings (SSSR count). The van der Waals surface area contributed by atoms with Crippen molar-refractivity contribution in [2.75, 3.05) is 18.6 Å². The van der Waals surface area contributed by atoms with Crippen LogP contribution in [-0.2, 0) is 20.8 Å². The highest BCUT2D eigenvalue weighted by Gasteiger charge is 2.43. The standard InChI is InChI=1S/C19H29N5O4S2/c1-11(2)21-19(28)23-13-6-7-24(15(25)10-29-3)16(13)18(27)22-14(17(20)26)9-12-5-4-8-30-12/h4-5,8,11,13-14,16H,6-7,9-10H2,1-3H3,(H2,20,26)(H,22,27)(H2,21,23,28). The van der Waals surface area contributed by atoms with Crippen molar-refractivity contribution in [3.8, 4) is 0 Å². The van der Waals surface area contributed by atoms with E-state index < -0.39 is 36.0 Å². The summed E-state index contributed by atoms with van der Waals surface area (Å²) >= 11 is 2.82. The van der Waals surface area contributed by atoms with Gasteiger partial charge in [0.1, 0.15) is 12.1 Å². The molecule has 1 aromatic rings. The van der Waals surface area contributed by atoms with E-state index in [9.17, 15) is 19.2 Å². The Hall–Kier alpha value is -2.27. The highest BCUT2D eigenvalue weighted by atomic mass is 32.2. The van der Waals surface area contributed by atoms with Crippen LogP contribution in [-0.4, -0.2) is 71.4 Å². The molecule has 166 valence electrons. The first-order valence-corrected chi connectivity index (χ1v) is 12.0. The summed E-state index contributed by atoms with van der Waals surface area (Å²) in [6, 6.07) is 0.858. The molecule has 3 atom stereocenters. The first kappa shape index (κ1) is 24.0. The second-order valence-electron chi connectivity index (χ2n) is 7.38. The predicted molar refractivity (Wildman–Crippen MR) is 118 cm³/mol. The van der Waals surface area contributed by atoms with Gasteiger partial charge in [-0.25, -0.2) is 4.79 Å². The van der Waals surface area contributed by atoms with Gasteiger partial charge in [0.25, 0.3) is 0 Å². The van der Waals surface area contributed by atoms with Gasteiger partial charge in [-0.3, -0.25) is 14.4 Å². The van der Waals surface area contributed by atoms with E-state index in [0.29, 0.717) is 13.0 Å². The van der Waals surface area contributed by atoms with Crippen LogP contribution in [0.4, 0.5) is 4.79 Å². The molecule has 1 aliphatic rings. The Labute approximate surface area is 184 Å². The van der Waals surface area contributed by atoms with Crippen LogP contribution < -0.4 is 21.7 Å². The lowest BCUT2D eigenvalue weighted by Gasteiger charge is -2.29. The monoisotopic (exact) mass is 455 g/mol. The number of nitrogens with two attached hydrogens (primary N) is 1. The summed E-state index contributed by atoms with van der Waals surface area (Å²) in [7, 11) is 0. The molecule has 5 amide bonds. The van der Waals surface area contributed by atoms with Gasteiger partial charge in [-0.05, 0) is 38.0 Å². The normalized spacial score (nSPS) is 19.4. The molecule has 1 aromatic heterocycles. The molecule has 0 radical (unpaired) electrons. The van der Waals surface area contributed by atoms with E-state index in [0.717, 1.165) is 4.88 Å². The maximum atomic E-state index is 13.1. The Morgan fingerprint density at radius 2 is 2.03 bits per heavy atom. The Bertz CT molecular complexity index is 756. The lowest BCUT2D eigenvalue weighted by Crippen LogP contribution is -2.59. The SMILES string of the molecule is CSCC(=O)N1CCC(NC(=O)NC(C)C)C1C(=O)NC(Cc1cccs1)C(N)=O. The van der Waals surface area contributed by atoms with Gasteiger partial charge in [0.05, 0.1) is 11.8 Å². The van der Waals surface area contributed by atoms with Crippen LogP contribution in [0.15, 0.2) is 17.5 Å². The summed E-state index contributed by atoms with van der Waals surface area (Å²) in [5.41, 5.74) is 5.50. The number of hydrogen-bond acceptors (Lipinski definition) is 6. The fourth-order valence-corrected chi connectivity index (χ4v) is 4.50. The number of amides is 5. The van der Waals surface area contributed by atoms with Crippen LogP contribution in [0.2, 0.25) is 0 Å². The zero-order valence-electron chi connectivity index (χ0n) is 17.3. The molecule has 0 aromatic carbocycles. The van der Waals surface area contributed by atoms with Crippen LogP contribution in [0.1, 0.15) is 25.1 Å². The summed E-state index contributed by atoms with van der Waals surface area (Å²) in [5, 5.41) is 10.1. The number of thioether (sulfide) groups is 1. The number of likely N-dealkylation sites (tertiary alicyclic amines) is 1. The lowest BCUT2D eigenvalue weighted by molar-refractivity contribution is -0.138. The van der Waals surface area contributed by atoms with Crippen molar-refractivity contribution < 1.29 is 19.2 Å². The second kappa shape index (κ2) is 11.2. The average Bonchev–Trinajstić information content (AvgIpc) is 3.30. The third kappa shape index (κ3) is 6.63. The van der Waals surface area contributed by atoms with E-state index in [1.807, 2.05) is 31.4 Å². The van der Waals surface area contributed by atoms with E-state index in [-0.39, 0.29) is 24.1 Å². The van der Waals surface area contributed by atoms with E-state index in [1.165, 1.54) is 28.0 Å². The van der Waals surface area contributed by atoms with Crippen LogP contribution in [0.25, 0.3) is 0 Å². The predicted octanol–water partition coefficient (Wildman–Crippen LogP) is 0.301. The van der Waals surface area contributed by atoms with Gasteiger partial charge in [0, 0.05) is 23.9 Å². The zero-order valence-corrected chi connectivity index (χ0v) is 19.0. The topological polar surface area (TPSA) is 134 Å². The second-order valence-corrected chi connectivity index (χ2v) is 9.28. The van der Waals surface area contributed by atoms with Crippen molar-refractivity contribution in [1.29, 1.82) is 0 Å². The lowest BCUT2D eigenvalue weighted by atomic mass is 10.1. The largest absolute Gasteiger partial charge is 0.368 e. The molecule has 30 heavy (non-hydrogen) atoms. The minimum Gasteiger partial charge on any atom is -0.368 e. The molecule has 0 saturated carbocycles. The highest BCUT2D eigenvalue weighted by Crippen LogP contribution is 2.20. The van der Waals surface area contributed by atoms with Crippen molar-refractivity contribution in [2.45, 2.75) is 50.9 Å². The summed E-state index contributed by atoms with van der Waals surface area (Å²) in [5.74, 6) is -1.12. The van der Waals surface area contributed by atoms with E-state index in [4.69, 9.17) is 5.73 Å². The smallest absolute Gasteiger partial charge is 0.315 e. The minimum absolute atomic E-state index is 0.0713. The Kier molecular flexibility index (Phi) is 8.97. The molecule has 11 heteroatoms. The van der Waals surface area contributed by atoms with Gasteiger partial charge in [-0.15, -0.1) is 11.3 Å². The summed E-state index contributed by atoms with van der Waals surface area (Å²) in [6.45, 7) is 4.00. The first-order valence-electron chi connectivity index (χ1n) is 9.70. The Morgan fingerprint density at radius 1 is 1.30 bits per heavy atom. The number of nitrogens with zero attached hydrogens (tertiary/aromatic N) is 1. The van der Waals surface area contributed by atoms with Gasteiger partial charge < -0.3 is 26.6 Å². The van der Waals surface area contributed by atoms with E-state index in [2.05, 4.69) is 16.0 Å². The molecule has 9 nitrogen and oxygen atoms in total. The maximum Gasteiger partial charge on any atom is 0.315 e. The van der Waals surface area contributed by atoms with Crippen LogP contribution in [0.3, 0.4) is 0 Å². The molecule has 0 bridgehead atoms. The van der Waals surface area contributed by atoms with Crippen LogP contribution in [0, 0.1) is 0 Å². The van der Waals surface area contributed by atoms with Crippen molar-refractivity contribution in [2.24, 2.45) is 5.73 Å². The number of primary amides is 1. The number of thiophene rings is 1. The fraction of sp³-hybridized carbons (Fsp3) is 0.579. The minimum atomic E-state index is -0.909. The molecule has 3 unspecified atom stereocenters. The van der Waals surface area contributed by atoms with Crippen molar-refractivity contribution in [3.63, 3.8) is 0 Å². The molecule has 1 fully saturated rings. The van der Waals surface area contributed by atoms with E-state index >= 15 is 0 Å². The molecule has 0 aliphatic carbocycles.